The van der Waals surface area contributed by atoms with Crippen molar-refractivity contribution in [2.75, 3.05) is 32.8 Å². The van der Waals surface area contributed by atoms with Crippen molar-refractivity contribution in [3.8, 4) is 0 Å². The molecule has 2 rings (SSSR count). The fourth-order valence-corrected chi connectivity index (χ4v) is 3.01. The lowest BCUT2D eigenvalue weighted by atomic mass is 9.98. The summed E-state index contributed by atoms with van der Waals surface area (Å²) in [5, 5.41) is 9.89. The van der Waals surface area contributed by atoms with Crippen molar-refractivity contribution in [1.29, 1.82) is 0 Å². The summed E-state index contributed by atoms with van der Waals surface area (Å²) < 4.78 is 5.45. The molecule has 2 fully saturated rings. The first-order chi connectivity index (χ1) is 7.79. The molecule has 0 aromatic carbocycles. The van der Waals surface area contributed by atoms with Crippen LogP contribution < -0.4 is 0 Å². The molecule has 1 N–H and O–H groups in total. The van der Waals surface area contributed by atoms with Gasteiger partial charge in [0.15, 0.2) is 0 Å². The summed E-state index contributed by atoms with van der Waals surface area (Å²) in [5.74, 6) is 1.24. The van der Waals surface area contributed by atoms with E-state index in [1.165, 1.54) is 32.4 Å². The van der Waals surface area contributed by atoms with Gasteiger partial charge in [-0.15, -0.1) is 0 Å². The summed E-state index contributed by atoms with van der Waals surface area (Å²) in [6.07, 6.45) is 4.68. The molecule has 2 heterocycles. The van der Waals surface area contributed by atoms with Crippen molar-refractivity contribution in [2.45, 2.75) is 38.7 Å². The number of hydrogen-bond donors (Lipinski definition) is 1. The van der Waals surface area contributed by atoms with Crippen LogP contribution in [0, 0.1) is 11.8 Å². The molecule has 16 heavy (non-hydrogen) atoms. The van der Waals surface area contributed by atoms with Crippen LogP contribution in [0.2, 0.25) is 0 Å². The quantitative estimate of drug-likeness (QED) is 0.790. The highest BCUT2D eigenvalue weighted by atomic mass is 16.5. The third-order valence-electron chi connectivity index (χ3n) is 3.99. The van der Waals surface area contributed by atoms with Gasteiger partial charge in [0.1, 0.15) is 0 Å². The summed E-state index contributed by atoms with van der Waals surface area (Å²) in [5.41, 5.74) is 0. The molecule has 2 saturated heterocycles. The van der Waals surface area contributed by atoms with E-state index in [0.29, 0.717) is 5.92 Å². The molecule has 0 aliphatic carbocycles. The van der Waals surface area contributed by atoms with E-state index in [-0.39, 0.29) is 6.10 Å². The Morgan fingerprint density at radius 2 is 2.25 bits per heavy atom. The first-order valence-electron chi connectivity index (χ1n) is 6.77. The van der Waals surface area contributed by atoms with E-state index < -0.39 is 0 Å². The van der Waals surface area contributed by atoms with Crippen molar-refractivity contribution < 1.29 is 9.84 Å². The van der Waals surface area contributed by atoms with Crippen LogP contribution >= 0.6 is 0 Å². The van der Waals surface area contributed by atoms with E-state index >= 15 is 0 Å². The fourth-order valence-electron chi connectivity index (χ4n) is 3.01. The Morgan fingerprint density at radius 1 is 1.38 bits per heavy atom. The van der Waals surface area contributed by atoms with Crippen molar-refractivity contribution in [2.24, 2.45) is 11.8 Å². The monoisotopic (exact) mass is 227 g/mol. The van der Waals surface area contributed by atoms with Gasteiger partial charge in [-0.05, 0) is 31.7 Å². The van der Waals surface area contributed by atoms with E-state index in [9.17, 15) is 5.11 Å². The van der Waals surface area contributed by atoms with Gasteiger partial charge in [0.05, 0.1) is 12.7 Å². The summed E-state index contributed by atoms with van der Waals surface area (Å²) in [4.78, 5) is 2.52. The maximum atomic E-state index is 9.89. The fraction of sp³-hybridized carbons (Fsp3) is 1.00. The lowest BCUT2D eigenvalue weighted by Gasteiger charge is -2.31. The Balaban J connectivity index is 1.73. The molecule has 0 spiro atoms. The highest BCUT2D eigenvalue weighted by Crippen LogP contribution is 2.24. The molecule has 0 radical (unpaired) electrons. The van der Waals surface area contributed by atoms with Crippen LogP contribution in [0.5, 0.6) is 0 Å². The number of likely N-dealkylation sites (tertiary alicyclic amines) is 1. The maximum absolute atomic E-state index is 9.89. The van der Waals surface area contributed by atoms with Crippen LogP contribution in [0.1, 0.15) is 32.6 Å². The molecule has 3 nitrogen and oxygen atoms in total. The predicted molar refractivity (Wildman–Crippen MR) is 64.4 cm³/mol. The maximum Gasteiger partial charge on any atom is 0.0624 e. The van der Waals surface area contributed by atoms with Gasteiger partial charge in [-0.3, -0.25) is 0 Å². The van der Waals surface area contributed by atoms with E-state index in [1.807, 2.05) is 0 Å². The molecule has 2 aliphatic heterocycles. The molecule has 0 saturated carbocycles. The minimum Gasteiger partial charge on any atom is -0.393 e. The Kier molecular flexibility index (Phi) is 4.62. The second kappa shape index (κ2) is 5.99. The second-order valence-corrected chi connectivity index (χ2v) is 5.39. The molecule has 0 aromatic heterocycles. The normalized spacial score (nSPS) is 36.8. The van der Waals surface area contributed by atoms with Crippen LogP contribution in [0.15, 0.2) is 0 Å². The van der Waals surface area contributed by atoms with Gasteiger partial charge in [0.2, 0.25) is 0 Å². The van der Waals surface area contributed by atoms with Gasteiger partial charge in [-0.25, -0.2) is 0 Å². The van der Waals surface area contributed by atoms with Crippen molar-refractivity contribution in [3.05, 3.63) is 0 Å². The minimum absolute atomic E-state index is 0.140. The topological polar surface area (TPSA) is 32.7 Å². The minimum atomic E-state index is -0.140. The lowest BCUT2D eigenvalue weighted by Crippen LogP contribution is -2.40. The van der Waals surface area contributed by atoms with Crippen LogP contribution in [-0.2, 0) is 4.74 Å². The number of hydrogen-bond acceptors (Lipinski definition) is 3. The van der Waals surface area contributed by atoms with Crippen LogP contribution in [0.25, 0.3) is 0 Å². The third-order valence-corrected chi connectivity index (χ3v) is 3.99. The molecular formula is C13H25NO2. The third kappa shape index (κ3) is 3.19. The average molecular weight is 227 g/mol. The Morgan fingerprint density at radius 3 is 3.00 bits per heavy atom. The predicted octanol–water partition coefficient (Wildman–Crippen LogP) is 1.51. The molecular weight excluding hydrogens is 202 g/mol. The van der Waals surface area contributed by atoms with Gasteiger partial charge in [-0.2, -0.15) is 0 Å². The standard InChI is InChI=1S/C13H25NO2/c1-2-3-11-4-6-14(8-11)9-12-10-16-7-5-13(12)15/h11-13,15H,2-10H2,1H3. The smallest absolute Gasteiger partial charge is 0.0624 e. The zero-order chi connectivity index (χ0) is 11.4. The van der Waals surface area contributed by atoms with Gasteiger partial charge in [0.25, 0.3) is 0 Å². The van der Waals surface area contributed by atoms with E-state index in [1.54, 1.807) is 0 Å². The molecule has 3 atom stereocenters. The summed E-state index contributed by atoms with van der Waals surface area (Å²) in [6.45, 7) is 7.22. The Bertz CT molecular complexity index is 210. The van der Waals surface area contributed by atoms with Crippen LogP contribution in [-0.4, -0.2) is 49.0 Å². The van der Waals surface area contributed by atoms with E-state index in [0.717, 1.165) is 32.1 Å². The number of ether oxygens (including phenoxy) is 1. The Hall–Kier alpha value is -0.120. The molecule has 0 amide bonds. The summed E-state index contributed by atoms with van der Waals surface area (Å²) in [7, 11) is 0. The SMILES string of the molecule is CCCC1CCN(CC2COCCC2O)C1. The largest absolute Gasteiger partial charge is 0.393 e. The van der Waals surface area contributed by atoms with Crippen LogP contribution in [0.3, 0.4) is 0 Å². The highest BCUT2D eigenvalue weighted by Gasteiger charge is 2.29. The summed E-state index contributed by atoms with van der Waals surface area (Å²) >= 11 is 0. The molecule has 0 bridgehead atoms. The highest BCUT2D eigenvalue weighted by molar-refractivity contribution is 4.81. The number of rotatable bonds is 4. The summed E-state index contributed by atoms with van der Waals surface area (Å²) in [6, 6.07) is 0. The lowest BCUT2D eigenvalue weighted by molar-refractivity contribution is -0.0449. The van der Waals surface area contributed by atoms with E-state index in [4.69, 9.17) is 4.74 Å². The second-order valence-electron chi connectivity index (χ2n) is 5.39. The molecule has 3 heteroatoms. The van der Waals surface area contributed by atoms with Crippen LogP contribution in [0.4, 0.5) is 0 Å². The van der Waals surface area contributed by atoms with Crippen molar-refractivity contribution in [1.82, 2.24) is 4.90 Å². The first-order valence-corrected chi connectivity index (χ1v) is 6.77. The Labute approximate surface area is 98.8 Å². The average Bonchev–Trinajstić information content (AvgIpc) is 2.70. The van der Waals surface area contributed by atoms with Gasteiger partial charge < -0.3 is 14.7 Å². The zero-order valence-electron chi connectivity index (χ0n) is 10.4. The zero-order valence-corrected chi connectivity index (χ0v) is 10.4. The number of nitrogens with zero attached hydrogens (tertiary/aromatic N) is 1. The number of aliphatic hydroxyl groups is 1. The molecule has 0 aromatic rings. The first kappa shape index (κ1) is 12.3. The molecule has 94 valence electrons. The molecule has 3 unspecified atom stereocenters. The van der Waals surface area contributed by atoms with Crippen molar-refractivity contribution >= 4 is 0 Å². The van der Waals surface area contributed by atoms with E-state index in [2.05, 4.69) is 11.8 Å². The van der Waals surface area contributed by atoms with Gasteiger partial charge in [0, 0.05) is 25.6 Å². The number of aliphatic hydroxyl groups excluding tert-OH is 1. The molecule has 2 aliphatic rings. The van der Waals surface area contributed by atoms with Gasteiger partial charge in [-0.1, -0.05) is 13.3 Å². The van der Waals surface area contributed by atoms with Crippen molar-refractivity contribution in [3.63, 3.8) is 0 Å². The van der Waals surface area contributed by atoms with Gasteiger partial charge >= 0.3 is 0 Å².